The second-order valence-electron chi connectivity index (χ2n) is 5.21. The number of nitrogens with one attached hydrogen (secondary N) is 1. The lowest BCUT2D eigenvalue weighted by atomic mass is 10.1. The summed E-state index contributed by atoms with van der Waals surface area (Å²) in [6.07, 6.45) is 2.98. The maximum atomic E-state index is 13.1. The number of Topliss-reactive ketones (excluding diaryl/α,β-unsaturated/α-hetero) is 1. The van der Waals surface area contributed by atoms with Crippen LogP contribution in [0.15, 0.2) is 48.8 Å². The molecule has 116 valence electrons. The summed E-state index contributed by atoms with van der Waals surface area (Å²) in [4.78, 5) is 27.7. The number of halogens is 1. The van der Waals surface area contributed by atoms with Crippen molar-refractivity contribution in [2.24, 2.45) is 0 Å². The van der Waals surface area contributed by atoms with E-state index in [9.17, 15) is 14.0 Å². The van der Waals surface area contributed by atoms with Gasteiger partial charge in [-0.2, -0.15) is 0 Å². The normalized spacial score (nSPS) is 10.7. The average molecular weight is 311 g/mol. The van der Waals surface area contributed by atoms with Crippen molar-refractivity contribution < 1.29 is 14.0 Å². The number of ketones is 1. The highest BCUT2D eigenvalue weighted by Crippen LogP contribution is 2.12. The molecule has 0 spiro atoms. The molecule has 2 aromatic heterocycles. The highest BCUT2D eigenvalue weighted by atomic mass is 19.1. The predicted molar refractivity (Wildman–Crippen MR) is 83.9 cm³/mol. The Balaban J connectivity index is 1.73. The Morgan fingerprint density at radius 3 is 2.83 bits per heavy atom. The van der Waals surface area contributed by atoms with Crippen LogP contribution in [0.25, 0.3) is 5.65 Å². The Morgan fingerprint density at radius 2 is 2.04 bits per heavy atom. The molecule has 23 heavy (non-hydrogen) atoms. The SMILES string of the molecule is CC(=O)c1cccc(NC(=O)Cc2cn3cc(F)ccc3n2)c1. The fourth-order valence-corrected chi connectivity index (χ4v) is 2.29. The van der Waals surface area contributed by atoms with E-state index < -0.39 is 0 Å². The summed E-state index contributed by atoms with van der Waals surface area (Å²) < 4.78 is 14.7. The first-order valence-electron chi connectivity index (χ1n) is 7.05. The van der Waals surface area contributed by atoms with Crippen LogP contribution in [0, 0.1) is 5.82 Å². The van der Waals surface area contributed by atoms with Crippen LogP contribution in [0.3, 0.4) is 0 Å². The zero-order valence-electron chi connectivity index (χ0n) is 12.4. The molecule has 0 saturated heterocycles. The number of amides is 1. The third-order valence-electron chi connectivity index (χ3n) is 3.36. The van der Waals surface area contributed by atoms with Gasteiger partial charge in [-0.25, -0.2) is 9.37 Å². The van der Waals surface area contributed by atoms with E-state index in [1.165, 1.54) is 23.6 Å². The topological polar surface area (TPSA) is 63.5 Å². The van der Waals surface area contributed by atoms with E-state index in [1.807, 2.05) is 0 Å². The molecule has 0 atom stereocenters. The fourth-order valence-electron chi connectivity index (χ4n) is 2.29. The van der Waals surface area contributed by atoms with E-state index in [0.717, 1.165) is 0 Å². The van der Waals surface area contributed by atoms with Gasteiger partial charge in [-0.1, -0.05) is 12.1 Å². The number of carbonyl (C=O) groups is 2. The maximum Gasteiger partial charge on any atom is 0.230 e. The van der Waals surface area contributed by atoms with Crippen LogP contribution in [0.1, 0.15) is 23.0 Å². The summed E-state index contributed by atoms with van der Waals surface area (Å²) in [7, 11) is 0. The number of fused-ring (bicyclic) bond motifs is 1. The monoisotopic (exact) mass is 311 g/mol. The largest absolute Gasteiger partial charge is 0.326 e. The molecule has 3 aromatic rings. The third-order valence-corrected chi connectivity index (χ3v) is 3.36. The number of rotatable bonds is 4. The maximum absolute atomic E-state index is 13.1. The fraction of sp³-hybridized carbons (Fsp3) is 0.118. The first kappa shape index (κ1) is 14.9. The number of pyridine rings is 1. The van der Waals surface area contributed by atoms with Gasteiger partial charge < -0.3 is 9.72 Å². The Labute approximate surface area is 131 Å². The molecule has 0 unspecified atom stereocenters. The lowest BCUT2D eigenvalue weighted by molar-refractivity contribution is -0.115. The zero-order chi connectivity index (χ0) is 16.4. The van der Waals surface area contributed by atoms with E-state index >= 15 is 0 Å². The molecule has 1 amide bonds. The van der Waals surface area contributed by atoms with E-state index in [-0.39, 0.29) is 23.9 Å². The third kappa shape index (κ3) is 3.42. The smallest absolute Gasteiger partial charge is 0.230 e. The summed E-state index contributed by atoms with van der Waals surface area (Å²) in [6.45, 7) is 1.47. The minimum atomic E-state index is -0.369. The summed E-state index contributed by atoms with van der Waals surface area (Å²) in [5.74, 6) is -0.690. The van der Waals surface area contributed by atoms with Gasteiger partial charge in [-0.15, -0.1) is 0 Å². The van der Waals surface area contributed by atoms with Crippen molar-refractivity contribution in [2.45, 2.75) is 13.3 Å². The zero-order valence-corrected chi connectivity index (χ0v) is 12.4. The van der Waals surface area contributed by atoms with Crippen LogP contribution >= 0.6 is 0 Å². The number of benzene rings is 1. The van der Waals surface area contributed by atoms with Crippen LogP contribution in [0.2, 0.25) is 0 Å². The van der Waals surface area contributed by atoms with Crippen molar-refractivity contribution in [2.75, 3.05) is 5.32 Å². The van der Waals surface area contributed by atoms with E-state index in [2.05, 4.69) is 10.3 Å². The van der Waals surface area contributed by atoms with Crippen LogP contribution in [-0.2, 0) is 11.2 Å². The standard InChI is InChI=1S/C17H14FN3O2/c1-11(22)12-3-2-4-14(7-12)20-17(23)8-15-10-21-9-13(18)5-6-16(21)19-15/h2-7,9-10H,8H2,1H3,(H,20,23). The second kappa shape index (κ2) is 6.00. The summed E-state index contributed by atoms with van der Waals surface area (Å²) in [5.41, 5.74) is 2.20. The molecule has 0 radical (unpaired) electrons. The van der Waals surface area contributed by atoms with Crippen LogP contribution in [-0.4, -0.2) is 21.1 Å². The van der Waals surface area contributed by atoms with Gasteiger partial charge in [-0.05, 0) is 31.2 Å². The van der Waals surface area contributed by atoms with Crippen LogP contribution in [0.4, 0.5) is 10.1 Å². The van der Waals surface area contributed by atoms with Crippen molar-refractivity contribution in [1.82, 2.24) is 9.38 Å². The van der Waals surface area contributed by atoms with Crippen molar-refractivity contribution in [1.29, 1.82) is 0 Å². The summed E-state index contributed by atoms with van der Waals surface area (Å²) >= 11 is 0. The molecule has 0 aliphatic carbocycles. The van der Waals surface area contributed by atoms with Crippen molar-refractivity contribution in [3.8, 4) is 0 Å². The second-order valence-corrected chi connectivity index (χ2v) is 5.21. The van der Waals surface area contributed by atoms with Gasteiger partial charge >= 0.3 is 0 Å². The van der Waals surface area contributed by atoms with Crippen molar-refractivity contribution in [3.05, 3.63) is 65.9 Å². The number of hydrogen-bond acceptors (Lipinski definition) is 3. The molecule has 2 heterocycles. The summed E-state index contributed by atoms with van der Waals surface area (Å²) in [5, 5.41) is 2.73. The highest BCUT2D eigenvalue weighted by molar-refractivity contribution is 5.97. The molecule has 6 heteroatoms. The molecule has 1 N–H and O–H groups in total. The van der Waals surface area contributed by atoms with E-state index in [0.29, 0.717) is 22.6 Å². The Morgan fingerprint density at radius 1 is 1.22 bits per heavy atom. The van der Waals surface area contributed by atoms with Crippen LogP contribution in [0.5, 0.6) is 0 Å². The van der Waals surface area contributed by atoms with Gasteiger partial charge in [-0.3, -0.25) is 9.59 Å². The van der Waals surface area contributed by atoms with Gasteiger partial charge in [0, 0.05) is 23.6 Å². The van der Waals surface area contributed by atoms with E-state index in [4.69, 9.17) is 0 Å². The molecule has 0 saturated carbocycles. The molecular formula is C17H14FN3O2. The molecule has 5 nitrogen and oxygen atoms in total. The number of carbonyl (C=O) groups excluding carboxylic acids is 2. The van der Waals surface area contributed by atoms with Crippen molar-refractivity contribution in [3.63, 3.8) is 0 Å². The Bertz CT molecular complexity index is 902. The molecule has 3 rings (SSSR count). The number of imidazole rings is 1. The molecular weight excluding hydrogens is 297 g/mol. The molecule has 0 bridgehead atoms. The number of aromatic nitrogens is 2. The Kier molecular flexibility index (Phi) is 3.89. The van der Waals surface area contributed by atoms with Gasteiger partial charge in [0.1, 0.15) is 11.5 Å². The molecule has 0 aliphatic rings. The molecule has 0 aliphatic heterocycles. The van der Waals surface area contributed by atoms with Crippen molar-refractivity contribution >= 4 is 23.0 Å². The predicted octanol–water partition coefficient (Wildman–Crippen LogP) is 2.86. The lowest BCUT2D eigenvalue weighted by Gasteiger charge is -2.05. The number of hydrogen-bond donors (Lipinski definition) is 1. The summed E-state index contributed by atoms with van der Waals surface area (Å²) in [6, 6.07) is 9.60. The quantitative estimate of drug-likeness (QED) is 0.754. The Hall–Kier alpha value is -3.02. The minimum Gasteiger partial charge on any atom is -0.326 e. The van der Waals surface area contributed by atoms with Gasteiger partial charge in [0.25, 0.3) is 0 Å². The number of nitrogens with zero attached hydrogens (tertiary/aromatic N) is 2. The molecule has 0 fully saturated rings. The van der Waals surface area contributed by atoms with E-state index in [1.54, 1.807) is 36.5 Å². The average Bonchev–Trinajstić information content (AvgIpc) is 2.88. The first-order chi connectivity index (χ1) is 11.0. The highest BCUT2D eigenvalue weighted by Gasteiger charge is 2.09. The minimum absolute atomic E-state index is 0.0631. The lowest BCUT2D eigenvalue weighted by Crippen LogP contribution is -2.14. The molecule has 1 aromatic carbocycles. The van der Waals surface area contributed by atoms with Gasteiger partial charge in [0.15, 0.2) is 5.78 Å². The first-order valence-corrected chi connectivity index (χ1v) is 7.05. The van der Waals surface area contributed by atoms with Crippen LogP contribution < -0.4 is 5.32 Å². The van der Waals surface area contributed by atoms with Gasteiger partial charge in [0.2, 0.25) is 5.91 Å². The number of anilines is 1. The van der Waals surface area contributed by atoms with Gasteiger partial charge in [0.05, 0.1) is 12.1 Å².